The molecule has 1 saturated heterocycles. The lowest BCUT2D eigenvalue weighted by molar-refractivity contribution is -0.155. The van der Waals surface area contributed by atoms with Crippen molar-refractivity contribution in [2.75, 3.05) is 25.6 Å². The van der Waals surface area contributed by atoms with Crippen LogP contribution in [0.5, 0.6) is 5.75 Å². The number of carbonyl (C=O) groups is 2. The predicted octanol–water partition coefficient (Wildman–Crippen LogP) is 2.80. The highest BCUT2D eigenvalue weighted by Gasteiger charge is 2.35. The number of pyridine rings is 1. The van der Waals surface area contributed by atoms with E-state index in [-0.39, 0.29) is 25.0 Å². The minimum absolute atomic E-state index is 0.0301. The van der Waals surface area contributed by atoms with Crippen molar-refractivity contribution < 1.29 is 24.2 Å². The third kappa shape index (κ3) is 5.19. The standard InChI is InChI=1S/C25H25N3O5/c1-32-22-7-3-2-5-19(22)14-28-21(15-33-16-23(28)29)24(30)17-8-10-20(11-9-17)27-25(31)18-6-4-12-26-13-18/h2-13,21,24,30H,14-16H2,1H3,(H,27,31). The van der Waals surface area contributed by atoms with E-state index in [0.29, 0.717) is 29.1 Å². The first-order valence-corrected chi connectivity index (χ1v) is 10.6. The molecule has 2 N–H and O–H groups in total. The zero-order valence-electron chi connectivity index (χ0n) is 18.2. The maximum absolute atomic E-state index is 12.7. The van der Waals surface area contributed by atoms with E-state index in [1.54, 1.807) is 54.6 Å². The number of rotatable bonds is 7. The molecule has 8 nitrogen and oxygen atoms in total. The number of hydrogen-bond donors (Lipinski definition) is 2. The molecular formula is C25H25N3O5. The molecule has 0 saturated carbocycles. The van der Waals surface area contributed by atoms with Crippen molar-refractivity contribution in [2.45, 2.75) is 18.7 Å². The molecule has 1 aromatic heterocycles. The third-order valence-electron chi connectivity index (χ3n) is 5.57. The largest absolute Gasteiger partial charge is 0.496 e. The lowest BCUT2D eigenvalue weighted by Crippen LogP contribution is -2.51. The molecule has 8 heteroatoms. The molecule has 1 aliphatic rings. The molecule has 2 unspecified atom stereocenters. The molecule has 2 amide bonds. The SMILES string of the molecule is COc1ccccc1CN1C(=O)COCC1C(O)c1ccc(NC(=O)c2cccnc2)cc1. The number of aliphatic hydroxyl groups excluding tert-OH is 1. The Kier molecular flexibility index (Phi) is 6.97. The van der Waals surface area contributed by atoms with E-state index in [2.05, 4.69) is 10.3 Å². The number of hydrogen-bond acceptors (Lipinski definition) is 6. The van der Waals surface area contributed by atoms with Gasteiger partial charge in [-0.3, -0.25) is 14.6 Å². The molecule has 1 fully saturated rings. The van der Waals surface area contributed by atoms with Crippen molar-refractivity contribution in [3.05, 3.63) is 89.7 Å². The van der Waals surface area contributed by atoms with Crippen LogP contribution in [0.1, 0.15) is 27.6 Å². The number of para-hydroxylation sites is 1. The molecule has 0 bridgehead atoms. The maximum Gasteiger partial charge on any atom is 0.257 e. The van der Waals surface area contributed by atoms with Gasteiger partial charge in [-0.15, -0.1) is 0 Å². The zero-order chi connectivity index (χ0) is 23.2. The van der Waals surface area contributed by atoms with Crippen LogP contribution in [-0.2, 0) is 16.1 Å². The molecule has 33 heavy (non-hydrogen) atoms. The molecular weight excluding hydrogens is 422 g/mol. The van der Waals surface area contributed by atoms with Gasteiger partial charge in [-0.1, -0.05) is 30.3 Å². The normalized spacial score (nSPS) is 16.8. The predicted molar refractivity (Wildman–Crippen MR) is 122 cm³/mol. The van der Waals surface area contributed by atoms with E-state index < -0.39 is 12.1 Å². The summed E-state index contributed by atoms with van der Waals surface area (Å²) in [5.41, 5.74) is 2.50. The van der Waals surface area contributed by atoms with Gasteiger partial charge >= 0.3 is 0 Å². The van der Waals surface area contributed by atoms with Gasteiger partial charge in [0.05, 0.1) is 25.3 Å². The average molecular weight is 447 g/mol. The minimum atomic E-state index is -0.966. The first kappa shape index (κ1) is 22.4. The lowest BCUT2D eigenvalue weighted by Gasteiger charge is -2.38. The van der Waals surface area contributed by atoms with Crippen LogP contribution in [-0.4, -0.2) is 53.2 Å². The van der Waals surface area contributed by atoms with Crippen LogP contribution in [0.3, 0.4) is 0 Å². The molecule has 1 aliphatic heterocycles. The quantitative estimate of drug-likeness (QED) is 0.578. The second-order valence-corrected chi connectivity index (χ2v) is 7.68. The van der Waals surface area contributed by atoms with Crippen molar-refractivity contribution in [3.8, 4) is 5.75 Å². The zero-order valence-corrected chi connectivity index (χ0v) is 18.2. The Labute approximate surface area is 191 Å². The fraction of sp³-hybridized carbons (Fsp3) is 0.240. The van der Waals surface area contributed by atoms with Gasteiger partial charge in [0.2, 0.25) is 5.91 Å². The number of methoxy groups -OCH3 is 1. The van der Waals surface area contributed by atoms with Crippen LogP contribution >= 0.6 is 0 Å². The topological polar surface area (TPSA) is 101 Å². The lowest BCUT2D eigenvalue weighted by atomic mass is 9.99. The highest BCUT2D eigenvalue weighted by Crippen LogP contribution is 2.28. The van der Waals surface area contributed by atoms with E-state index in [1.165, 1.54) is 6.20 Å². The van der Waals surface area contributed by atoms with Crippen molar-refractivity contribution >= 4 is 17.5 Å². The number of aliphatic hydroxyl groups is 1. The molecule has 2 aromatic carbocycles. The Morgan fingerprint density at radius 2 is 2.00 bits per heavy atom. The number of aromatic nitrogens is 1. The Hall–Kier alpha value is -3.75. The monoisotopic (exact) mass is 447 g/mol. The number of anilines is 1. The number of ether oxygens (including phenoxy) is 2. The minimum Gasteiger partial charge on any atom is -0.496 e. The van der Waals surface area contributed by atoms with Gasteiger partial charge in [-0.25, -0.2) is 0 Å². The number of morpholine rings is 1. The van der Waals surface area contributed by atoms with E-state index in [4.69, 9.17) is 9.47 Å². The summed E-state index contributed by atoms with van der Waals surface area (Å²) >= 11 is 0. The second kappa shape index (κ2) is 10.2. The van der Waals surface area contributed by atoms with Gasteiger partial charge in [0.15, 0.2) is 0 Å². The number of nitrogens with zero attached hydrogens (tertiary/aromatic N) is 2. The van der Waals surface area contributed by atoms with Crippen molar-refractivity contribution in [1.29, 1.82) is 0 Å². The summed E-state index contributed by atoms with van der Waals surface area (Å²) in [5, 5.41) is 13.9. The van der Waals surface area contributed by atoms with E-state index in [0.717, 1.165) is 5.56 Å². The Morgan fingerprint density at radius 3 is 2.73 bits per heavy atom. The first-order valence-electron chi connectivity index (χ1n) is 10.6. The molecule has 3 aromatic rings. The highest BCUT2D eigenvalue weighted by molar-refractivity contribution is 6.04. The second-order valence-electron chi connectivity index (χ2n) is 7.68. The molecule has 170 valence electrons. The van der Waals surface area contributed by atoms with Gasteiger partial charge in [-0.2, -0.15) is 0 Å². The number of benzene rings is 2. The average Bonchev–Trinajstić information content (AvgIpc) is 2.86. The Morgan fingerprint density at radius 1 is 1.21 bits per heavy atom. The van der Waals surface area contributed by atoms with Gasteiger partial charge in [0.25, 0.3) is 5.91 Å². The fourth-order valence-electron chi connectivity index (χ4n) is 3.80. The number of carbonyl (C=O) groups excluding carboxylic acids is 2. The van der Waals surface area contributed by atoms with Crippen LogP contribution in [0.25, 0.3) is 0 Å². The van der Waals surface area contributed by atoms with Crippen LogP contribution in [0.2, 0.25) is 0 Å². The summed E-state index contributed by atoms with van der Waals surface area (Å²) in [6.45, 7) is 0.479. The highest BCUT2D eigenvalue weighted by atomic mass is 16.5. The van der Waals surface area contributed by atoms with Crippen molar-refractivity contribution in [2.24, 2.45) is 0 Å². The van der Waals surface area contributed by atoms with Gasteiger partial charge in [0, 0.05) is 30.2 Å². The molecule has 4 rings (SSSR count). The summed E-state index contributed by atoms with van der Waals surface area (Å²) in [6.07, 6.45) is 2.13. The molecule has 2 atom stereocenters. The Balaban J connectivity index is 1.48. The fourth-order valence-corrected chi connectivity index (χ4v) is 3.80. The summed E-state index contributed by atoms with van der Waals surface area (Å²) in [6, 6.07) is 17.2. The summed E-state index contributed by atoms with van der Waals surface area (Å²) < 4.78 is 10.9. The molecule has 2 heterocycles. The van der Waals surface area contributed by atoms with Crippen LogP contribution < -0.4 is 10.1 Å². The third-order valence-corrected chi connectivity index (χ3v) is 5.57. The Bertz CT molecular complexity index is 1100. The number of amides is 2. The van der Waals surface area contributed by atoms with Gasteiger partial charge in [0.1, 0.15) is 18.5 Å². The van der Waals surface area contributed by atoms with E-state index >= 15 is 0 Å². The van der Waals surface area contributed by atoms with Crippen molar-refractivity contribution in [3.63, 3.8) is 0 Å². The summed E-state index contributed by atoms with van der Waals surface area (Å²) in [4.78, 5) is 30.5. The molecule has 0 spiro atoms. The van der Waals surface area contributed by atoms with Gasteiger partial charge in [-0.05, 0) is 35.9 Å². The number of nitrogens with one attached hydrogen (secondary N) is 1. The van der Waals surface area contributed by atoms with E-state index in [9.17, 15) is 14.7 Å². The van der Waals surface area contributed by atoms with Crippen molar-refractivity contribution in [1.82, 2.24) is 9.88 Å². The van der Waals surface area contributed by atoms with Crippen LogP contribution in [0, 0.1) is 0 Å². The van der Waals surface area contributed by atoms with Gasteiger partial charge < -0.3 is 24.8 Å². The first-order chi connectivity index (χ1) is 16.1. The summed E-state index contributed by atoms with van der Waals surface area (Å²) in [7, 11) is 1.58. The maximum atomic E-state index is 12.7. The molecule has 0 aliphatic carbocycles. The summed E-state index contributed by atoms with van der Waals surface area (Å²) in [5.74, 6) is 0.209. The van der Waals surface area contributed by atoms with Crippen LogP contribution in [0.15, 0.2) is 73.1 Å². The smallest absolute Gasteiger partial charge is 0.257 e. The van der Waals surface area contributed by atoms with E-state index in [1.807, 2.05) is 24.3 Å². The van der Waals surface area contributed by atoms with Crippen LogP contribution in [0.4, 0.5) is 5.69 Å². The molecule has 0 radical (unpaired) electrons.